The molecule has 0 saturated carbocycles. The van der Waals surface area contributed by atoms with Crippen LogP contribution < -0.4 is 0 Å². The fourth-order valence-electron chi connectivity index (χ4n) is 0.898. The van der Waals surface area contributed by atoms with Crippen molar-refractivity contribution in [1.29, 1.82) is 0 Å². The number of esters is 2. The van der Waals surface area contributed by atoms with Crippen molar-refractivity contribution >= 4 is 18.2 Å². The van der Waals surface area contributed by atoms with Gasteiger partial charge in [-0.3, -0.25) is 14.4 Å². The quantitative estimate of drug-likeness (QED) is 0.379. The first-order valence-electron chi connectivity index (χ1n) is 4.58. The van der Waals surface area contributed by atoms with Gasteiger partial charge >= 0.3 is 11.9 Å². The van der Waals surface area contributed by atoms with Gasteiger partial charge in [0, 0.05) is 13.8 Å². The lowest BCUT2D eigenvalue weighted by atomic mass is 10.2. The van der Waals surface area contributed by atoms with E-state index in [0.29, 0.717) is 6.29 Å². The maximum absolute atomic E-state index is 10.7. The Balaban J connectivity index is 4.38. The lowest BCUT2D eigenvalue weighted by Crippen LogP contribution is -2.34. The highest BCUT2D eigenvalue weighted by molar-refractivity contribution is 5.67. The summed E-state index contributed by atoms with van der Waals surface area (Å²) in [5.74, 6) is -1.17. The first-order chi connectivity index (χ1) is 7.47. The van der Waals surface area contributed by atoms with Gasteiger partial charge in [-0.05, 0) is 12.2 Å². The maximum Gasteiger partial charge on any atom is 0.303 e. The molecule has 16 heavy (non-hydrogen) atoms. The van der Waals surface area contributed by atoms with E-state index < -0.39 is 24.1 Å². The van der Waals surface area contributed by atoms with Crippen LogP contribution >= 0.6 is 0 Å². The van der Waals surface area contributed by atoms with Crippen molar-refractivity contribution in [2.24, 2.45) is 0 Å². The van der Waals surface area contributed by atoms with Crippen molar-refractivity contribution in [3.63, 3.8) is 0 Å². The molecule has 0 heterocycles. The average Bonchev–Trinajstić information content (AvgIpc) is 2.19. The normalized spacial score (nSPS) is 14.2. The van der Waals surface area contributed by atoms with Crippen molar-refractivity contribution < 1.29 is 29.0 Å². The minimum Gasteiger partial charge on any atom is -0.462 e. The molecule has 0 aromatic heterocycles. The molecule has 2 atom stereocenters. The van der Waals surface area contributed by atoms with E-state index in [1.165, 1.54) is 6.92 Å². The minimum absolute atomic E-state index is 0.265. The van der Waals surface area contributed by atoms with E-state index in [4.69, 9.17) is 4.74 Å². The predicted molar refractivity (Wildman–Crippen MR) is 53.4 cm³/mol. The molecule has 0 aromatic rings. The Morgan fingerprint density at radius 3 is 2.38 bits per heavy atom. The van der Waals surface area contributed by atoms with Crippen LogP contribution in [0.1, 0.15) is 13.8 Å². The molecule has 0 spiro atoms. The number of carbonyl (C=O) groups excluding carboxylic acids is 3. The summed E-state index contributed by atoms with van der Waals surface area (Å²) in [5.41, 5.74) is 0. The van der Waals surface area contributed by atoms with Crippen LogP contribution in [0.2, 0.25) is 0 Å². The monoisotopic (exact) mass is 230 g/mol. The van der Waals surface area contributed by atoms with Gasteiger partial charge in [-0.2, -0.15) is 0 Å². The summed E-state index contributed by atoms with van der Waals surface area (Å²) in [5, 5.41) is 9.49. The SMILES string of the molecule is CC(=O)OC[C@@H](OC(C)=O)[C@H](O)/C=C/C=O. The Labute approximate surface area is 92.8 Å². The molecule has 0 fully saturated rings. The average molecular weight is 230 g/mol. The predicted octanol–water partition coefficient (Wildman–Crippen LogP) is -0.403. The number of carbonyl (C=O) groups is 3. The number of aliphatic hydroxyl groups is 1. The molecular weight excluding hydrogens is 216 g/mol. The van der Waals surface area contributed by atoms with E-state index in [-0.39, 0.29) is 6.61 Å². The standard InChI is InChI=1S/C10H14O6/c1-7(12)15-6-10(16-8(2)13)9(14)4-3-5-11/h3-5,9-10,14H,6H2,1-2H3/b4-3+/t9-,10-/m1/s1. The summed E-state index contributed by atoms with van der Waals surface area (Å²) in [6.45, 7) is 2.09. The van der Waals surface area contributed by atoms with Crippen LogP contribution in [-0.2, 0) is 23.9 Å². The summed E-state index contributed by atoms with van der Waals surface area (Å²) < 4.78 is 9.33. The van der Waals surface area contributed by atoms with Gasteiger partial charge in [0.05, 0.1) is 0 Å². The van der Waals surface area contributed by atoms with Gasteiger partial charge in [-0.25, -0.2) is 0 Å². The molecule has 6 heteroatoms. The number of hydrogen-bond donors (Lipinski definition) is 1. The third-order valence-corrected chi connectivity index (χ3v) is 1.54. The first kappa shape index (κ1) is 14.3. The van der Waals surface area contributed by atoms with Gasteiger partial charge in [0.2, 0.25) is 0 Å². The molecule has 0 saturated heterocycles. The molecule has 0 bridgehead atoms. The Bertz CT molecular complexity index is 283. The second-order valence-electron chi connectivity index (χ2n) is 2.96. The van der Waals surface area contributed by atoms with E-state index in [9.17, 15) is 19.5 Å². The van der Waals surface area contributed by atoms with Gasteiger partial charge in [-0.1, -0.05) is 0 Å². The molecular formula is C10H14O6. The fraction of sp³-hybridized carbons (Fsp3) is 0.500. The topological polar surface area (TPSA) is 89.9 Å². The van der Waals surface area contributed by atoms with Gasteiger partial charge in [-0.15, -0.1) is 0 Å². The summed E-state index contributed by atoms with van der Waals surface area (Å²) in [4.78, 5) is 31.3. The molecule has 90 valence electrons. The smallest absolute Gasteiger partial charge is 0.303 e. The number of allylic oxidation sites excluding steroid dienone is 1. The Kier molecular flexibility index (Phi) is 6.78. The zero-order valence-corrected chi connectivity index (χ0v) is 9.08. The van der Waals surface area contributed by atoms with Crippen molar-refractivity contribution in [1.82, 2.24) is 0 Å². The molecule has 0 amide bonds. The lowest BCUT2D eigenvalue weighted by molar-refractivity contribution is -0.161. The number of rotatable bonds is 6. The highest BCUT2D eigenvalue weighted by atomic mass is 16.6. The summed E-state index contributed by atoms with van der Waals surface area (Å²) >= 11 is 0. The molecule has 0 aliphatic carbocycles. The third-order valence-electron chi connectivity index (χ3n) is 1.54. The zero-order chi connectivity index (χ0) is 12.6. The highest BCUT2D eigenvalue weighted by Crippen LogP contribution is 2.03. The van der Waals surface area contributed by atoms with E-state index >= 15 is 0 Å². The van der Waals surface area contributed by atoms with Crippen molar-refractivity contribution in [3.8, 4) is 0 Å². The van der Waals surface area contributed by atoms with Crippen LogP contribution in [-0.4, -0.2) is 42.1 Å². The van der Waals surface area contributed by atoms with Gasteiger partial charge in [0.15, 0.2) is 6.10 Å². The van der Waals surface area contributed by atoms with Gasteiger partial charge in [0.1, 0.15) is 19.0 Å². The van der Waals surface area contributed by atoms with Crippen LogP contribution in [0.25, 0.3) is 0 Å². The third kappa shape index (κ3) is 6.72. The number of aldehydes is 1. The minimum atomic E-state index is -1.20. The Morgan fingerprint density at radius 1 is 1.31 bits per heavy atom. The largest absolute Gasteiger partial charge is 0.462 e. The maximum atomic E-state index is 10.7. The van der Waals surface area contributed by atoms with E-state index in [2.05, 4.69) is 4.74 Å². The molecule has 0 rings (SSSR count). The van der Waals surface area contributed by atoms with E-state index in [1.807, 2.05) is 0 Å². The lowest BCUT2D eigenvalue weighted by Gasteiger charge is -2.19. The van der Waals surface area contributed by atoms with Gasteiger partial charge < -0.3 is 14.6 Å². The summed E-state index contributed by atoms with van der Waals surface area (Å²) in [7, 11) is 0. The molecule has 0 aromatic carbocycles. The van der Waals surface area contributed by atoms with Crippen LogP contribution in [0.4, 0.5) is 0 Å². The van der Waals surface area contributed by atoms with E-state index in [0.717, 1.165) is 19.1 Å². The molecule has 6 nitrogen and oxygen atoms in total. The fourth-order valence-corrected chi connectivity index (χ4v) is 0.898. The molecule has 0 unspecified atom stereocenters. The highest BCUT2D eigenvalue weighted by Gasteiger charge is 2.21. The zero-order valence-electron chi connectivity index (χ0n) is 9.08. The van der Waals surface area contributed by atoms with Crippen molar-refractivity contribution in [3.05, 3.63) is 12.2 Å². The van der Waals surface area contributed by atoms with Gasteiger partial charge in [0.25, 0.3) is 0 Å². The second-order valence-corrected chi connectivity index (χ2v) is 2.96. The van der Waals surface area contributed by atoms with E-state index in [1.54, 1.807) is 0 Å². The van der Waals surface area contributed by atoms with Crippen molar-refractivity contribution in [2.75, 3.05) is 6.61 Å². The number of ether oxygens (including phenoxy) is 2. The molecule has 0 aliphatic rings. The Morgan fingerprint density at radius 2 is 1.94 bits per heavy atom. The summed E-state index contributed by atoms with van der Waals surface area (Å²) in [6, 6.07) is 0. The molecule has 0 aliphatic heterocycles. The summed E-state index contributed by atoms with van der Waals surface area (Å²) in [6.07, 6.45) is 0.463. The molecule has 1 N–H and O–H groups in total. The molecule has 0 radical (unpaired) electrons. The van der Waals surface area contributed by atoms with Crippen molar-refractivity contribution in [2.45, 2.75) is 26.1 Å². The number of aliphatic hydroxyl groups excluding tert-OH is 1. The number of hydrogen-bond acceptors (Lipinski definition) is 6. The second kappa shape index (κ2) is 7.58. The van der Waals surface area contributed by atoms with Crippen LogP contribution in [0, 0.1) is 0 Å². The van der Waals surface area contributed by atoms with Crippen LogP contribution in [0.3, 0.4) is 0 Å². The first-order valence-corrected chi connectivity index (χ1v) is 4.58. The Hall–Kier alpha value is -1.69. The van der Waals surface area contributed by atoms with Crippen LogP contribution in [0.5, 0.6) is 0 Å². The van der Waals surface area contributed by atoms with Crippen LogP contribution in [0.15, 0.2) is 12.2 Å².